The zero-order valence-electron chi connectivity index (χ0n) is 11.4. The van der Waals surface area contributed by atoms with Gasteiger partial charge in [-0.3, -0.25) is 0 Å². The first kappa shape index (κ1) is 14.4. The summed E-state index contributed by atoms with van der Waals surface area (Å²) >= 11 is 3.38. The summed E-state index contributed by atoms with van der Waals surface area (Å²) in [6, 6.07) is 12.6. The summed E-state index contributed by atoms with van der Waals surface area (Å²) < 4.78 is 11.6. The van der Waals surface area contributed by atoms with Crippen LogP contribution in [0.4, 0.5) is 0 Å². The Bertz CT molecular complexity index is 875. The Hall–Kier alpha value is -2.58. The van der Waals surface area contributed by atoms with Crippen LogP contribution < -0.4 is 0 Å². The summed E-state index contributed by atoms with van der Waals surface area (Å²) in [5.74, 6) is 2.27. The average Bonchev–Trinajstić information content (AvgIpc) is 2.96. The molecule has 0 unspecified atom stereocenters. The van der Waals surface area contributed by atoms with E-state index in [1.807, 2.05) is 24.3 Å². The van der Waals surface area contributed by atoms with E-state index >= 15 is 0 Å². The third-order valence-corrected chi connectivity index (χ3v) is 3.53. The van der Waals surface area contributed by atoms with Crippen molar-refractivity contribution in [1.29, 1.82) is 0 Å². The van der Waals surface area contributed by atoms with E-state index in [0.717, 1.165) is 10.0 Å². The zero-order valence-corrected chi connectivity index (χ0v) is 13.0. The summed E-state index contributed by atoms with van der Waals surface area (Å²) in [6.45, 7) is -0.0557. The molecule has 0 saturated heterocycles. The predicted octanol–water partition coefficient (Wildman–Crippen LogP) is 4.05. The van der Waals surface area contributed by atoms with Gasteiger partial charge in [0.2, 0.25) is 5.89 Å². The molecule has 1 aromatic heterocycles. The number of nitrogens with zero attached hydrogens (tertiary/aromatic N) is 1. The Morgan fingerprint density at radius 2 is 2.05 bits per heavy atom. The molecule has 0 bridgehead atoms. The highest BCUT2D eigenvalue weighted by Crippen LogP contribution is 2.26. The molecule has 0 saturated carbocycles. The van der Waals surface area contributed by atoms with E-state index in [9.17, 15) is 4.79 Å². The number of fused-ring (bicyclic) bond motifs is 1. The molecule has 3 aromatic rings. The van der Waals surface area contributed by atoms with Crippen molar-refractivity contribution in [2.75, 3.05) is 6.61 Å². The van der Waals surface area contributed by atoms with Crippen molar-refractivity contribution in [2.24, 2.45) is 0 Å². The Morgan fingerprint density at radius 1 is 1.27 bits per heavy atom. The van der Waals surface area contributed by atoms with Crippen LogP contribution in [0.3, 0.4) is 0 Å². The number of aromatic nitrogens is 1. The highest BCUT2D eigenvalue weighted by Gasteiger charge is 2.12. The molecule has 0 spiro atoms. The van der Waals surface area contributed by atoms with E-state index in [0.29, 0.717) is 22.6 Å². The van der Waals surface area contributed by atoms with Crippen LogP contribution in [0.1, 0.15) is 10.4 Å². The predicted molar refractivity (Wildman–Crippen MR) is 86.3 cm³/mol. The van der Waals surface area contributed by atoms with Crippen LogP contribution in [-0.4, -0.2) is 17.6 Å². The molecule has 0 aliphatic rings. The van der Waals surface area contributed by atoms with Gasteiger partial charge in [-0.1, -0.05) is 21.9 Å². The number of ether oxygens (including phenoxy) is 1. The summed E-state index contributed by atoms with van der Waals surface area (Å²) in [7, 11) is 0. The van der Waals surface area contributed by atoms with Gasteiger partial charge in [0, 0.05) is 10.0 Å². The molecule has 3 rings (SSSR count). The molecular formula is C17H10BrNO3. The number of oxazole rings is 1. The molecule has 0 amide bonds. The fourth-order valence-corrected chi connectivity index (χ4v) is 2.23. The quantitative estimate of drug-likeness (QED) is 0.525. The van der Waals surface area contributed by atoms with Crippen LogP contribution in [0.15, 0.2) is 51.4 Å². The van der Waals surface area contributed by atoms with Gasteiger partial charge in [0.05, 0.1) is 5.56 Å². The minimum atomic E-state index is -0.479. The molecule has 0 atom stereocenters. The van der Waals surface area contributed by atoms with Gasteiger partial charge in [0.15, 0.2) is 12.2 Å². The molecular weight excluding hydrogens is 346 g/mol. The monoisotopic (exact) mass is 355 g/mol. The maximum atomic E-state index is 11.8. The van der Waals surface area contributed by atoms with Crippen molar-refractivity contribution >= 4 is 33.0 Å². The number of rotatable bonds is 3. The van der Waals surface area contributed by atoms with E-state index in [1.165, 1.54) is 0 Å². The van der Waals surface area contributed by atoms with Gasteiger partial charge < -0.3 is 9.15 Å². The number of benzene rings is 2. The lowest BCUT2D eigenvalue weighted by molar-refractivity contribution is 0.0557. The molecule has 0 radical (unpaired) electrons. The van der Waals surface area contributed by atoms with Crippen molar-refractivity contribution in [2.45, 2.75) is 0 Å². The average molecular weight is 356 g/mol. The molecule has 4 nitrogen and oxygen atoms in total. The minimum absolute atomic E-state index is 0.0557. The number of esters is 1. The number of carbonyl (C=O) groups is 1. The molecule has 0 aliphatic carbocycles. The molecule has 2 aromatic carbocycles. The topological polar surface area (TPSA) is 52.3 Å². The van der Waals surface area contributed by atoms with E-state index in [1.54, 1.807) is 18.2 Å². The number of hydrogen-bond donors (Lipinski definition) is 0. The number of hydrogen-bond acceptors (Lipinski definition) is 4. The normalized spacial score (nSPS) is 10.4. The maximum Gasteiger partial charge on any atom is 0.339 e. The van der Waals surface area contributed by atoms with E-state index in [2.05, 4.69) is 26.8 Å². The van der Waals surface area contributed by atoms with Gasteiger partial charge in [-0.05, 0) is 42.5 Å². The smallest absolute Gasteiger partial charge is 0.339 e. The summed E-state index contributed by atoms with van der Waals surface area (Å²) in [5.41, 5.74) is 2.44. The lowest BCUT2D eigenvalue weighted by Gasteiger charge is -1.99. The Labute approximate surface area is 135 Å². The van der Waals surface area contributed by atoms with Crippen LogP contribution in [0.5, 0.6) is 0 Å². The lowest BCUT2D eigenvalue weighted by Crippen LogP contribution is -2.04. The van der Waals surface area contributed by atoms with Crippen molar-refractivity contribution in [3.8, 4) is 23.8 Å². The first-order valence-electron chi connectivity index (χ1n) is 6.44. The molecule has 0 fully saturated rings. The molecule has 5 heteroatoms. The first-order chi connectivity index (χ1) is 10.7. The maximum absolute atomic E-state index is 11.8. The SMILES string of the molecule is C#CCOC(=O)c1ccc2oc(-c3ccc(Br)cc3)nc2c1. The molecule has 108 valence electrons. The second-order valence-electron chi connectivity index (χ2n) is 4.49. The third-order valence-electron chi connectivity index (χ3n) is 3.00. The van der Waals surface area contributed by atoms with Gasteiger partial charge >= 0.3 is 5.97 Å². The van der Waals surface area contributed by atoms with Crippen molar-refractivity contribution in [1.82, 2.24) is 4.98 Å². The summed E-state index contributed by atoms with van der Waals surface area (Å²) in [6.07, 6.45) is 5.07. The fourth-order valence-electron chi connectivity index (χ4n) is 1.96. The van der Waals surface area contributed by atoms with Crippen molar-refractivity contribution < 1.29 is 13.9 Å². The third kappa shape index (κ3) is 2.87. The van der Waals surface area contributed by atoms with Gasteiger partial charge in [-0.25, -0.2) is 9.78 Å². The molecule has 0 aliphatic heterocycles. The minimum Gasteiger partial charge on any atom is -0.449 e. The van der Waals surface area contributed by atoms with E-state index in [4.69, 9.17) is 15.6 Å². The fraction of sp³-hybridized carbons (Fsp3) is 0.0588. The Balaban J connectivity index is 1.95. The number of halogens is 1. The van der Waals surface area contributed by atoms with E-state index in [-0.39, 0.29) is 6.61 Å². The highest BCUT2D eigenvalue weighted by molar-refractivity contribution is 9.10. The van der Waals surface area contributed by atoms with E-state index < -0.39 is 5.97 Å². The van der Waals surface area contributed by atoms with Gasteiger partial charge in [-0.2, -0.15) is 0 Å². The Morgan fingerprint density at radius 3 is 2.77 bits per heavy atom. The van der Waals surface area contributed by atoms with Gasteiger partial charge in [-0.15, -0.1) is 6.42 Å². The molecule has 0 N–H and O–H groups in total. The Kier molecular flexibility index (Phi) is 3.94. The van der Waals surface area contributed by atoms with Crippen LogP contribution >= 0.6 is 15.9 Å². The first-order valence-corrected chi connectivity index (χ1v) is 7.24. The largest absolute Gasteiger partial charge is 0.449 e. The zero-order chi connectivity index (χ0) is 15.5. The standard InChI is InChI=1S/C17H10BrNO3/c1-2-9-21-17(20)12-5-8-15-14(10-12)19-16(22-15)11-3-6-13(18)7-4-11/h1,3-8,10H,9H2. The van der Waals surface area contributed by atoms with Crippen LogP contribution in [-0.2, 0) is 4.74 Å². The second-order valence-corrected chi connectivity index (χ2v) is 5.40. The summed E-state index contributed by atoms with van der Waals surface area (Å²) in [4.78, 5) is 16.2. The molecule has 1 heterocycles. The van der Waals surface area contributed by atoms with Crippen LogP contribution in [0, 0.1) is 12.3 Å². The van der Waals surface area contributed by atoms with Crippen molar-refractivity contribution in [3.05, 3.63) is 52.5 Å². The second kappa shape index (κ2) is 6.04. The number of terminal acetylenes is 1. The van der Waals surface area contributed by atoms with Crippen molar-refractivity contribution in [3.63, 3.8) is 0 Å². The van der Waals surface area contributed by atoms with Crippen LogP contribution in [0.25, 0.3) is 22.6 Å². The van der Waals surface area contributed by atoms with Gasteiger partial charge in [0.25, 0.3) is 0 Å². The summed E-state index contributed by atoms with van der Waals surface area (Å²) in [5, 5.41) is 0. The highest BCUT2D eigenvalue weighted by atomic mass is 79.9. The van der Waals surface area contributed by atoms with Crippen LogP contribution in [0.2, 0.25) is 0 Å². The number of carbonyl (C=O) groups excluding carboxylic acids is 1. The van der Waals surface area contributed by atoms with Gasteiger partial charge in [0.1, 0.15) is 5.52 Å². The molecule has 22 heavy (non-hydrogen) atoms. The lowest BCUT2D eigenvalue weighted by atomic mass is 10.2.